The summed E-state index contributed by atoms with van der Waals surface area (Å²) >= 11 is 0. The molecule has 0 aliphatic carbocycles. The van der Waals surface area contributed by atoms with E-state index in [0.717, 1.165) is 6.16 Å². The van der Waals surface area contributed by atoms with E-state index in [2.05, 4.69) is 55.1 Å². The number of benzene rings is 3. The average Bonchev–Trinajstić information content (AvgIpc) is 2.77. The summed E-state index contributed by atoms with van der Waals surface area (Å²) in [5.74, 6) is 0.0910. The molecule has 0 unspecified atom stereocenters. The third kappa shape index (κ3) is 4.88. The summed E-state index contributed by atoms with van der Waals surface area (Å²) in [6.07, 6.45) is 0.864. The highest BCUT2D eigenvalue weighted by Gasteiger charge is 2.16. The van der Waals surface area contributed by atoms with Gasteiger partial charge in [0.1, 0.15) is 5.76 Å². The van der Waals surface area contributed by atoms with Gasteiger partial charge in [-0.15, -0.1) is 0 Å². The van der Waals surface area contributed by atoms with Gasteiger partial charge in [0.25, 0.3) is 0 Å². The third-order valence-corrected chi connectivity index (χ3v) is 6.83. The summed E-state index contributed by atoms with van der Waals surface area (Å²) in [5, 5.41) is 2.63. The van der Waals surface area contributed by atoms with Crippen molar-refractivity contribution in [2.45, 2.75) is 0 Å². The molecule has 3 aromatic rings. The highest BCUT2D eigenvalue weighted by molar-refractivity contribution is 7.73. The van der Waals surface area contributed by atoms with Crippen LogP contribution in [0.5, 0.6) is 0 Å². The first-order valence-corrected chi connectivity index (χ1v) is 10.6. The molecule has 0 bridgehead atoms. The van der Waals surface area contributed by atoms with Crippen LogP contribution in [-0.4, -0.2) is 25.8 Å². The van der Waals surface area contributed by atoms with Crippen LogP contribution in [0, 0.1) is 0 Å². The third-order valence-electron chi connectivity index (χ3n) is 4.36. The molecule has 3 nitrogen and oxygen atoms in total. The van der Waals surface area contributed by atoms with Crippen molar-refractivity contribution in [1.82, 2.24) is 0 Å². The van der Waals surface area contributed by atoms with E-state index in [0.29, 0.717) is 23.5 Å². The highest BCUT2D eigenvalue weighted by Crippen LogP contribution is 2.33. The second kappa shape index (κ2) is 9.87. The minimum absolute atomic E-state index is 0.392. The Morgan fingerprint density at radius 2 is 1.32 bits per heavy atom. The van der Waals surface area contributed by atoms with Crippen molar-refractivity contribution in [2.75, 3.05) is 19.9 Å². The van der Waals surface area contributed by atoms with Crippen LogP contribution in [0.15, 0.2) is 91.5 Å². The van der Waals surface area contributed by atoms with E-state index in [1.165, 1.54) is 17.7 Å². The lowest BCUT2D eigenvalue weighted by Crippen LogP contribution is -2.16. The number of hydrogen-bond acceptors (Lipinski definition) is 3. The maximum Gasteiger partial charge on any atom is 0.338 e. The SMILES string of the molecule is C=C(OCCP(c1ccccc1)c1ccccc1)c1ccccc1C(=O)OC. The molecule has 0 fully saturated rings. The molecule has 0 aromatic heterocycles. The molecule has 0 heterocycles. The summed E-state index contributed by atoms with van der Waals surface area (Å²) in [7, 11) is 0.839. The maximum absolute atomic E-state index is 12.0. The Balaban J connectivity index is 1.72. The predicted octanol–water partition coefficient (Wildman–Crippen LogP) is 4.59. The molecule has 0 atom stereocenters. The lowest BCUT2D eigenvalue weighted by Gasteiger charge is -2.20. The van der Waals surface area contributed by atoms with Gasteiger partial charge < -0.3 is 9.47 Å². The van der Waals surface area contributed by atoms with Crippen LogP contribution in [0.1, 0.15) is 15.9 Å². The molecule has 0 aliphatic heterocycles. The zero-order valence-electron chi connectivity index (χ0n) is 15.9. The predicted molar refractivity (Wildman–Crippen MR) is 117 cm³/mol. The monoisotopic (exact) mass is 390 g/mol. The number of carbonyl (C=O) groups is 1. The van der Waals surface area contributed by atoms with Crippen molar-refractivity contribution in [3.63, 3.8) is 0 Å². The van der Waals surface area contributed by atoms with Crippen molar-refractivity contribution >= 4 is 30.3 Å². The lowest BCUT2D eigenvalue weighted by molar-refractivity contribution is 0.0599. The number of hydrogen-bond donors (Lipinski definition) is 0. The molecule has 0 aliphatic rings. The molecule has 142 valence electrons. The number of carbonyl (C=O) groups excluding carboxylic acids is 1. The van der Waals surface area contributed by atoms with E-state index in [4.69, 9.17) is 9.47 Å². The second-order valence-corrected chi connectivity index (χ2v) is 8.47. The first-order chi connectivity index (χ1) is 13.7. The van der Waals surface area contributed by atoms with Gasteiger partial charge in [-0.3, -0.25) is 0 Å². The van der Waals surface area contributed by atoms with Gasteiger partial charge in [0, 0.05) is 11.7 Å². The van der Waals surface area contributed by atoms with E-state index in [9.17, 15) is 4.79 Å². The van der Waals surface area contributed by atoms with Crippen molar-refractivity contribution in [3.8, 4) is 0 Å². The number of ether oxygens (including phenoxy) is 2. The average molecular weight is 390 g/mol. The van der Waals surface area contributed by atoms with E-state index in [-0.39, 0.29) is 0 Å². The Hall–Kier alpha value is -2.90. The van der Waals surface area contributed by atoms with E-state index >= 15 is 0 Å². The first-order valence-electron chi connectivity index (χ1n) is 9.08. The van der Waals surface area contributed by atoms with Crippen molar-refractivity contribution < 1.29 is 14.3 Å². The largest absolute Gasteiger partial charge is 0.493 e. The molecule has 0 saturated heterocycles. The summed E-state index contributed by atoms with van der Waals surface area (Å²) in [5.41, 5.74) is 1.13. The second-order valence-electron chi connectivity index (χ2n) is 6.13. The number of methoxy groups -OCH3 is 1. The fourth-order valence-corrected chi connectivity index (χ4v) is 5.13. The summed E-state index contributed by atoms with van der Waals surface area (Å²) in [6, 6.07) is 28.2. The van der Waals surface area contributed by atoms with Gasteiger partial charge >= 0.3 is 5.97 Å². The topological polar surface area (TPSA) is 35.5 Å². The Bertz CT molecular complexity index is 883. The summed E-state index contributed by atoms with van der Waals surface area (Å²) in [4.78, 5) is 12.0. The molecule has 0 N–H and O–H groups in total. The van der Waals surface area contributed by atoms with Gasteiger partial charge in [-0.05, 0) is 24.6 Å². The van der Waals surface area contributed by atoms with E-state index in [1.807, 2.05) is 24.3 Å². The molecular weight excluding hydrogens is 367 g/mol. The van der Waals surface area contributed by atoms with Crippen LogP contribution in [0.3, 0.4) is 0 Å². The van der Waals surface area contributed by atoms with Crippen molar-refractivity contribution in [3.05, 3.63) is 103 Å². The zero-order chi connectivity index (χ0) is 19.8. The van der Waals surface area contributed by atoms with Crippen LogP contribution in [-0.2, 0) is 9.47 Å². The Morgan fingerprint density at radius 3 is 1.86 bits per heavy atom. The molecule has 3 rings (SSSR count). The molecule has 0 radical (unpaired) electrons. The summed E-state index contributed by atoms with van der Waals surface area (Å²) in [6.45, 7) is 4.54. The normalized spacial score (nSPS) is 10.5. The van der Waals surface area contributed by atoms with Crippen LogP contribution in [0.4, 0.5) is 0 Å². The van der Waals surface area contributed by atoms with Gasteiger partial charge in [-0.25, -0.2) is 4.79 Å². The van der Waals surface area contributed by atoms with Crippen LogP contribution >= 0.6 is 7.92 Å². The molecule has 3 aromatic carbocycles. The van der Waals surface area contributed by atoms with Gasteiger partial charge in [0.2, 0.25) is 0 Å². The fraction of sp³-hybridized carbons (Fsp3) is 0.125. The Morgan fingerprint density at radius 1 is 0.821 bits per heavy atom. The zero-order valence-corrected chi connectivity index (χ0v) is 16.8. The molecule has 28 heavy (non-hydrogen) atoms. The standard InChI is InChI=1S/C24H23O3P/c1-19(22-15-9-10-16-23(22)24(25)26-2)27-17-18-28(20-11-5-3-6-12-20)21-13-7-4-8-14-21/h3-16H,1,17-18H2,2H3. The van der Waals surface area contributed by atoms with E-state index < -0.39 is 13.9 Å². The smallest absolute Gasteiger partial charge is 0.338 e. The Kier molecular flexibility index (Phi) is 7.00. The molecular formula is C24H23O3P. The number of rotatable bonds is 8. The number of esters is 1. The van der Waals surface area contributed by atoms with Gasteiger partial charge in [0.15, 0.2) is 0 Å². The lowest BCUT2D eigenvalue weighted by atomic mass is 10.1. The van der Waals surface area contributed by atoms with Crippen LogP contribution in [0.25, 0.3) is 5.76 Å². The van der Waals surface area contributed by atoms with Gasteiger partial charge in [-0.1, -0.05) is 85.4 Å². The maximum atomic E-state index is 12.0. The molecule has 4 heteroatoms. The molecule has 0 spiro atoms. The van der Waals surface area contributed by atoms with Gasteiger partial charge in [0.05, 0.1) is 19.3 Å². The molecule has 0 saturated carbocycles. The van der Waals surface area contributed by atoms with Crippen LogP contribution < -0.4 is 10.6 Å². The van der Waals surface area contributed by atoms with E-state index in [1.54, 1.807) is 12.1 Å². The highest BCUT2D eigenvalue weighted by atomic mass is 31.1. The first kappa shape index (κ1) is 19.9. The minimum Gasteiger partial charge on any atom is -0.493 e. The van der Waals surface area contributed by atoms with Crippen molar-refractivity contribution in [1.29, 1.82) is 0 Å². The minimum atomic E-state index is -0.531. The van der Waals surface area contributed by atoms with Crippen molar-refractivity contribution in [2.24, 2.45) is 0 Å². The summed E-state index contributed by atoms with van der Waals surface area (Å²) < 4.78 is 10.8. The van der Waals surface area contributed by atoms with Gasteiger partial charge in [-0.2, -0.15) is 0 Å². The fourth-order valence-electron chi connectivity index (χ4n) is 2.98. The van der Waals surface area contributed by atoms with Crippen LogP contribution in [0.2, 0.25) is 0 Å². The quantitative estimate of drug-likeness (QED) is 0.321. The Labute approximate surface area is 167 Å². The molecule has 0 amide bonds.